The first-order chi connectivity index (χ1) is 17.7. The minimum atomic E-state index is -0.516. The van der Waals surface area contributed by atoms with Gasteiger partial charge in [0.25, 0.3) is 17.2 Å². The van der Waals surface area contributed by atoms with Gasteiger partial charge in [0.1, 0.15) is 5.02 Å². The average molecular weight is 523 g/mol. The molecule has 10 nitrogen and oxygen atoms in total. The van der Waals surface area contributed by atoms with Crippen LogP contribution in [-0.4, -0.2) is 45.8 Å². The van der Waals surface area contributed by atoms with Crippen LogP contribution in [0, 0.1) is 10.1 Å². The molecule has 1 aliphatic rings. The number of hydrogen-bond acceptors (Lipinski definition) is 7. The van der Waals surface area contributed by atoms with Crippen LogP contribution in [-0.2, 0) is 6.54 Å². The molecule has 2 unspecified atom stereocenters. The molecular formula is C26H27ClN6O4. The number of nitro benzene ring substituents is 1. The third-order valence-electron chi connectivity index (χ3n) is 5.96. The lowest BCUT2D eigenvalue weighted by atomic mass is 10.1. The summed E-state index contributed by atoms with van der Waals surface area (Å²) in [6.45, 7) is 5.94. The number of nitrogens with zero attached hydrogens (tertiary/aromatic N) is 4. The average Bonchev–Trinajstić information content (AvgIpc) is 2.87. The van der Waals surface area contributed by atoms with E-state index in [1.807, 2.05) is 24.3 Å². The van der Waals surface area contributed by atoms with Crippen molar-refractivity contribution in [3.63, 3.8) is 0 Å². The molecule has 3 aromatic rings. The Morgan fingerprint density at radius 1 is 1.16 bits per heavy atom. The van der Waals surface area contributed by atoms with Crippen molar-refractivity contribution in [2.24, 2.45) is 0 Å². The number of allylic oxidation sites excluding steroid dienone is 1. The van der Waals surface area contributed by atoms with Crippen LogP contribution in [0.1, 0.15) is 29.8 Å². The fourth-order valence-electron chi connectivity index (χ4n) is 4.23. The molecule has 1 fully saturated rings. The van der Waals surface area contributed by atoms with Crippen LogP contribution in [0.5, 0.6) is 0 Å². The molecule has 37 heavy (non-hydrogen) atoms. The van der Waals surface area contributed by atoms with Gasteiger partial charge in [-0.3, -0.25) is 19.7 Å². The number of piperazine rings is 1. The molecule has 0 bridgehead atoms. The van der Waals surface area contributed by atoms with Crippen molar-refractivity contribution in [3.8, 4) is 0 Å². The fourth-order valence-corrected chi connectivity index (χ4v) is 4.50. The summed E-state index contributed by atoms with van der Waals surface area (Å²) < 4.78 is 1.32. The Labute approximate surface area is 218 Å². The monoisotopic (exact) mass is 522 g/mol. The number of hydrogen-bond donors (Lipinski definition) is 2. The number of rotatable bonds is 7. The van der Waals surface area contributed by atoms with Crippen LogP contribution in [0.15, 0.2) is 65.6 Å². The molecule has 0 saturated carbocycles. The highest BCUT2D eigenvalue weighted by molar-refractivity contribution is 6.33. The van der Waals surface area contributed by atoms with Crippen LogP contribution in [0.2, 0.25) is 5.02 Å². The van der Waals surface area contributed by atoms with Crippen LogP contribution < -0.4 is 21.1 Å². The first kappa shape index (κ1) is 26.1. The highest BCUT2D eigenvalue weighted by atomic mass is 35.5. The first-order valence-corrected chi connectivity index (χ1v) is 12.2. The fraction of sp³-hybridized carbons (Fsp3) is 0.269. The molecule has 192 valence electrons. The quantitative estimate of drug-likeness (QED) is 0.355. The molecule has 11 heteroatoms. The van der Waals surface area contributed by atoms with Gasteiger partial charge in [-0.15, -0.1) is 0 Å². The van der Waals surface area contributed by atoms with E-state index < -0.39 is 4.92 Å². The number of carbonyl (C=O) groups excluding carboxylic acids is 1. The largest absolute Gasteiger partial charge is 0.366 e. The number of nitrogens with one attached hydrogen (secondary N) is 2. The summed E-state index contributed by atoms with van der Waals surface area (Å²) in [6, 6.07) is 13.1. The summed E-state index contributed by atoms with van der Waals surface area (Å²) in [5.74, 6) is -0.367. The second-order valence-corrected chi connectivity index (χ2v) is 9.37. The number of aromatic nitrogens is 2. The molecule has 0 radical (unpaired) electrons. The Kier molecular flexibility index (Phi) is 8.00. The van der Waals surface area contributed by atoms with Gasteiger partial charge in [0.05, 0.1) is 23.4 Å². The van der Waals surface area contributed by atoms with E-state index in [4.69, 9.17) is 11.6 Å². The molecule has 2 aromatic carbocycles. The van der Waals surface area contributed by atoms with E-state index in [1.165, 1.54) is 28.9 Å². The predicted octanol–water partition coefficient (Wildman–Crippen LogP) is 3.96. The molecule has 2 atom stereocenters. The van der Waals surface area contributed by atoms with Gasteiger partial charge in [-0.1, -0.05) is 35.9 Å². The number of non-ortho nitro benzene ring substituents is 1. The highest BCUT2D eigenvalue weighted by Crippen LogP contribution is 2.23. The number of anilines is 2. The van der Waals surface area contributed by atoms with E-state index in [2.05, 4.69) is 34.5 Å². The van der Waals surface area contributed by atoms with E-state index in [0.29, 0.717) is 16.9 Å². The van der Waals surface area contributed by atoms with Crippen LogP contribution in [0.3, 0.4) is 0 Å². The van der Waals surface area contributed by atoms with Crippen molar-refractivity contribution < 1.29 is 9.72 Å². The summed E-state index contributed by atoms with van der Waals surface area (Å²) in [7, 11) is 0. The second-order valence-electron chi connectivity index (χ2n) is 8.99. The zero-order valence-corrected chi connectivity index (χ0v) is 21.2. The van der Waals surface area contributed by atoms with E-state index in [1.54, 1.807) is 18.3 Å². The Morgan fingerprint density at radius 2 is 1.81 bits per heavy atom. The third kappa shape index (κ3) is 6.41. The maximum atomic E-state index is 12.8. The minimum absolute atomic E-state index is 0.0767. The van der Waals surface area contributed by atoms with Gasteiger partial charge in [0.2, 0.25) is 0 Å². The molecule has 1 aliphatic heterocycles. The van der Waals surface area contributed by atoms with Gasteiger partial charge in [-0.2, -0.15) is 5.10 Å². The molecule has 2 N–H and O–H groups in total. The zero-order chi connectivity index (χ0) is 26.5. The predicted molar refractivity (Wildman–Crippen MR) is 144 cm³/mol. The van der Waals surface area contributed by atoms with Crippen LogP contribution >= 0.6 is 11.6 Å². The normalized spacial score (nSPS) is 17.6. The van der Waals surface area contributed by atoms with Crippen molar-refractivity contribution in [3.05, 3.63) is 97.4 Å². The molecule has 0 aliphatic carbocycles. The summed E-state index contributed by atoms with van der Waals surface area (Å²) in [4.78, 5) is 37.5. The Balaban J connectivity index is 1.36. The molecule has 1 saturated heterocycles. The lowest BCUT2D eigenvalue weighted by molar-refractivity contribution is -0.384. The van der Waals surface area contributed by atoms with Gasteiger partial charge >= 0.3 is 0 Å². The van der Waals surface area contributed by atoms with E-state index in [-0.39, 0.29) is 40.8 Å². The minimum Gasteiger partial charge on any atom is -0.366 e. The zero-order valence-electron chi connectivity index (χ0n) is 20.4. The van der Waals surface area contributed by atoms with Crippen molar-refractivity contribution in [1.82, 2.24) is 15.1 Å². The van der Waals surface area contributed by atoms with Gasteiger partial charge in [0.15, 0.2) is 0 Å². The van der Waals surface area contributed by atoms with Crippen LogP contribution in [0.4, 0.5) is 17.1 Å². The van der Waals surface area contributed by atoms with E-state index in [0.717, 1.165) is 18.7 Å². The smallest absolute Gasteiger partial charge is 0.287 e. The van der Waals surface area contributed by atoms with Gasteiger partial charge in [-0.25, -0.2) is 4.68 Å². The highest BCUT2D eigenvalue weighted by Gasteiger charge is 2.24. The van der Waals surface area contributed by atoms with Gasteiger partial charge in [-0.05, 0) is 43.7 Å². The molecular weight excluding hydrogens is 496 g/mol. The standard InChI is InChI=1S/C26H27ClN6O4/c1-17-15-31(16-18(2)29-17)23-14-28-32(26(35)24(23)27)13-3-4-19-5-9-21(10-6-19)30-25(34)20-7-11-22(12-8-20)33(36)37/h3-12,14,17-18,29H,13,15-16H2,1-2H3,(H,30,34)/b4-3+. The van der Waals surface area contributed by atoms with Gasteiger partial charge in [0, 0.05) is 48.6 Å². The summed E-state index contributed by atoms with van der Waals surface area (Å²) in [6.07, 6.45) is 5.30. The number of halogens is 1. The lowest BCUT2D eigenvalue weighted by Gasteiger charge is -2.37. The third-order valence-corrected chi connectivity index (χ3v) is 6.32. The SMILES string of the molecule is CC1CN(c2cnn(C/C=C/c3ccc(NC(=O)c4ccc([N+](=O)[O-])cc4)cc3)c(=O)c2Cl)CC(C)N1. The molecule has 2 heterocycles. The van der Waals surface area contributed by atoms with E-state index in [9.17, 15) is 19.7 Å². The second kappa shape index (κ2) is 11.4. The first-order valence-electron chi connectivity index (χ1n) is 11.8. The Hall–Kier alpha value is -4.02. The maximum Gasteiger partial charge on any atom is 0.287 e. The number of nitro groups is 1. The van der Waals surface area contributed by atoms with Crippen molar-refractivity contribution >= 4 is 40.6 Å². The van der Waals surface area contributed by atoms with Crippen molar-refractivity contribution in [1.29, 1.82) is 0 Å². The van der Waals surface area contributed by atoms with E-state index >= 15 is 0 Å². The van der Waals surface area contributed by atoms with Crippen molar-refractivity contribution in [2.75, 3.05) is 23.3 Å². The topological polar surface area (TPSA) is 122 Å². The van der Waals surface area contributed by atoms with Crippen molar-refractivity contribution in [2.45, 2.75) is 32.5 Å². The van der Waals surface area contributed by atoms with Crippen LogP contribution in [0.25, 0.3) is 6.08 Å². The number of benzene rings is 2. The number of carbonyl (C=O) groups is 1. The lowest BCUT2D eigenvalue weighted by Crippen LogP contribution is -2.54. The summed E-state index contributed by atoms with van der Waals surface area (Å²) in [5.41, 5.74) is 2.00. The Bertz CT molecular complexity index is 1360. The Morgan fingerprint density at radius 3 is 2.43 bits per heavy atom. The summed E-state index contributed by atoms with van der Waals surface area (Å²) >= 11 is 6.42. The summed E-state index contributed by atoms with van der Waals surface area (Å²) in [5, 5.41) is 21.4. The molecule has 1 amide bonds. The molecule has 4 rings (SSSR count). The number of amides is 1. The molecule has 0 spiro atoms. The maximum absolute atomic E-state index is 12.8. The van der Waals surface area contributed by atoms with Gasteiger partial charge < -0.3 is 15.5 Å². The molecule has 1 aromatic heterocycles.